The summed E-state index contributed by atoms with van der Waals surface area (Å²) in [6.07, 6.45) is 2.28. The summed E-state index contributed by atoms with van der Waals surface area (Å²) < 4.78 is 1.05. The Bertz CT molecular complexity index is 551. The minimum Gasteiger partial charge on any atom is -0.320 e. The number of rotatable bonds is 4. The van der Waals surface area contributed by atoms with Crippen molar-refractivity contribution in [2.75, 3.05) is 0 Å². The van der Waals surface area contributed by atoms with Gasteiger partial charge in [0, 0.05) is 3.57 Å². The number of hydrogen-bond acceptors (Lipinski definition) is 1. The van der Waals surface area contributed by atoms with Crippen LogP contribution >= 0.6 is 34.2 Å². The molecule has 3 heteroatoms. The van der Waals surface area contributed by atoms with Gasteiger partial charge in [0.2, 0.25) is 0 Å². The van der Waals surface area contributed by atoms with Crippen LogP contribution in [0.25, 0.3) is 0 Å². The van der Waals surface area contributed by atoms with E-state index in [2.05, 4.69) is 53.8 Å². The maximum atomic E-state index is 6.30. The van der Waals surface area contributed by atoms with Crippen molar-refractivity contribution < 1.29 is 0 Å². The van der Waals surface area contributed by atoms with Crippen molar-refractivity contribution in [1.29, 1.82) is 0 Å². The maximum Gasteiger partial charge on any atom is 0.0552 e. The monoisotopic (exact) mass is 385 g/mol. The van der Waals surface area contributed by atoms with Gasteiger partial charge in [-0.2, -0.15) is 0 Å². The minimum atomic E-state index is -0.120. The second-order valence-corrected chi connectivity index (χ2v) is 6.21. The average Bonchev–Trinajstić information content (AvgIpc) is 2.42. The topological polar surface area (TPSA) is 26.0 Å². The van der Waals surface area contributed by atoms with Crippen LogP contribution in [0.15, 0.2) is 42.5 Å². The van der Waals surface area contributed by atoms with Crippen molar-refractivity contribution in [1.82, 2.24) is 0 Å². The van der Waals surface area contributed by atoms with E-state index in [1.807, 2.05) is 18.2 Å². The smallest absolute Gasteiger partial charge is 0.0552 e. The molecule has 19 heavy (non-hydrogen) atoms. The van der Waals surface area contributed by atoms with Gasteiger partial charge in [-0.15, -0.1) is 0 Å². The van der Waals surface area contributed by atoms with Crippen LogP contribution in [0.2, 0.25) is 5.02 Å². The Balaban J connectivity index is 2.22. The third-order valence-corrected chi connectivity index (χ3v) is 4.75. The molecule has 0 saturated carbocycles. The number of aryl methyl sites for hydroxylation is 1. The number of nitrogens with two attached hydrogens (primary N) is 1. The Kier molecular flexibility index (Phi) is 5.25. The van der Waals surface area contributed by atoms with Crippen LogP contribution in [-0.2, 0) is 6.42 Å². The summed E-state index contributed by atoms with van der Waals surface area (Å²) in [4.78, 5) is 0. The molecule has 0 aliphatic rings. The molecule has 0 radical (unpaired) electrons. The van der Waals surface area contributed by atoms with E-state index in [9.17, 15) is 0 Å². The van der Waals surface area contributed by atoms with E-state index in [1.54, 1.807) is 0 Å². The molecular formula is C16H17ClIN. The van der Waals surface area contributed by atoms with Crippen molar-refractivity contribution in [2.24, 2.45) is 5.73 Å². The van der Waals surface area contributed by atoms with Gasteiger partial charge in [-0.25, -0.2) is 0 Å². The van der Waals surface area contributed by atoms with Crippen LogP contribution < -0.4 is 5.73 Å². The Hall–Kier alpha value is -0.580. The van der Waals surface area contributed by atoms with Crippen LogP contribution in [0.5, 0.6) is 0 Å². The molecular weight excluding hydrogens is 369 g/mol. The highest BCUT2D eigenvalue weighted by Gasteiger charge is 2.10. The molecule has 1 atom stereocenters. The standard InChI is InChI=1S/C16H17ClIN/c1-2-3-11-4-6-12(7-5-11)16(19)13-8-9-15(18)14(17)10-13/h4-10,16H,2-3,19H2,1H3. The molecule has 1 unspecified atom stereocenters. The molecule has 0 saturated heterocycles. The summed E-state index contributed by atoms with van der Waals surface area (Å²) in [7, 11) is 0. The summed E-state index contributed by atoms with van der Waals surface area (Å²) in [6, 6.07) is 14.4. The van der Waals surface area contributed by atoms with Gasteiger partial charge < -0.3 is 5.73 Å². The third kappa shape index (κ3) is 3.71. The first-order valence-electron chi connectivity index (χ1n) is 6.41. The predicted octanol–water partition coefficient (Wildman–Crippen LogP) is 4.95. The van der Waals surface area contributed by atoms with Gasteiger partial charge in [-0.05, 0) is 57.8 Å². The van der Waals surface area contributed by atoms with Crippen molar-refractivity contribution in [3.8, 4) is 0 Å². The van der Waals surface area contributed by atoms with Crippen molar-refractivity contribution in [3.05, 3.63) is 67.7 Å². The van der Waals surface area contributed by atoms with E-state index in [0.717, 1.165) is 32.6 Å². The Morgan fingerprint density at radius 3 is 2.32 bits per heavy atom. The SMILES string of the molecule is CCCc1ccc(C(N)c2ccc(I)c(Cl)c2)cc1. The molecule has 0 amide bonds. The van der Waals surface area contributed by atoms with Gasteiger partial charge in [0.25, 0.3) is 0 Å². The fraction of sp³-hybridized carbons (Fsp3) is 0.250. The maximum absolute atomic E-state index is 6.30. The fourth-order valence-corrected chi connectivity index (χ4v) is 2.60. The summed E-state index contributed by atoms with van der Waals surface area (Å²) >= 11 is 8.37. The van der Waals surface area contributed by atoms with Gasteiger partial charge in [-0.3, -0.25) is 0 Å². The molecule has 0 bridgehead atoms. The van der Waals surface area contributed by atoms with E-state index < -0.39 is 0 Å². The predicted molar refractivity (Wildman–Crippen MR) is 90.6 cm³/mol. The average molecular weight is 386 g/mol. The van der Waals surface area contributed by atoms with Crippen LogP contribution in [0.3, 0.4) is 0 Å². The second kappa shape index (κ2) is 6.73. The molecule has 0 heterocycles. The molecule has 0 spiro atoms. The quantitative estimate of drug-likeness (QED) is 0.741. The molecule has 2 rings (SSSR count). The van der Waals surface area contributed by atoms with E-state index >= 15 is 0 Å². The van der Waals surface area contributed by atoms with E-state index in [-0.39, 0.29) is 6.04 Å². The normalized spacial score (nSPS) is 12.4. The molecule has 0 aromatic heterocycles. The highest BCUT2D eigenvalue weighted by molar-refractivity contribution is 14.1. The Morgan fingerprint density at radius 2 is 1.74 bits per heavy atom. The first kappa shape index (κ1) is 14.8. The zero-order valence-electron chi connectivity index (χ0n) is 10.9. The first-order valence-corrected chi connectivity index (χ1v) is 7.87. The zero-order chi connectivity index (χ0) is 13.8. The van der Waals surface area contributed by atoms with Crippen molar-refractivity contribution in [3.63, 3.8) is 0 Å². The molecule has 0 fully saturated rings. The molecule has 1 nitrogen and oxygen atoms in total. The van der Waals surface area contributed by atoms with Crippen LogP contribution in [-0.4, -0.2) is 0 Å². The van der Waals surface area contributed by atoms with Crippen LogP contribution in [0.1, 0.15) is 36.1 Å². The van der Waals surface area contributed by atoms with Crippen LogP contribution in [0.4, 0.5) is 0 Å². The second-order valence-electron chi connectivity index (χ2n) is 4.64. The lowest BCUT2D eigenvalue weighted by molar-refractivity contribution is 0.865. The summed E-state index contributed by atoms with van der Waals surface area (Å²) in [5.74, 6) is 0. The zero-order valence-corrected chi connectivity index (χ0v) is 13.8. The first-order chi connectivity index (χ1) is 9.11. The fourth-order valence-electron chi connectivity index (χ4n) is 2.08. The molecule has 2 aromatic carbocycles. The highest BCUT2D eigenvalue weighted by Crippen LogP contribution is 2.26. The molecule has 2 aromatic rings. The summed E-state index contributed by atoms with van der Waals surface area (Å²) in [6.45, 7) is 2.19. The summed E-state index contributed by atoms with van der Waals surface area (Å²) in [5.41, 5.74) is 9.83. The lowest BCUT2D eigenvalue weighted by Crippen LogP contribution is -2.11. The van der Waals surface area contributed by atoms with Gasteiger partial charge >= 0.3 is 0 Å². The molecule has 0 aliphatic carbocycles. The molecule has 100 valence electrons. The van der Waals surface area contributed by atoms with Crippen molar-refractivity contribution >= 4 is 34.2 Å². The van der Waals surface area contributed by atoms with Crippen molar-refractivity contribution in [2.45, 2.75) is 25.8 Å². The van der Waals surface area contributed by atoms with E-state index in [0.29, 0.717) is 0 Å². The Labute approximate surface area is 133 Å². The van der Waals surface area contributed by atoms with Gasteiger partial charge in [-0.1, -0.05) is 55.3 Å². The number of halogens is 2. The lowest BCUT2D eigenvalue weighted by Gasteiger charge is -2.14. The lowest BCUT2D eigenvalue weighted by atomic mass is 9.98. The largest absolute Gasteiger partial charge is 0.320 e. The third-order valence-electron chi connectivity index (χ3n) is 3.18. The van der Waals surface area contributed by atoms with Gasteiger partial charge in [0.1, 0.15) is 0 Å². The van der Waals surface area contributed by atoms with Gasteiger partial charge in [0.05, 0.1) is 11.1 Å². The van der Waals surface area contributed by atoms with Gasteiger partial charge in [0.15, 0.2) is 0 Å². The van der Waals surface area contributed by atoms with Crippen LogP contribution in [0, 0.1) is 3.57 Å². The minimum absolute atomic E-state index is 0.120. The summed E-state index contributed by atoms with van der Waals surface area (Å²) in [5, 5.41) is 0.760. The van der Waals surface area contributed by atoms with E-state index in [4.69, 9.17) is 17.3 Å². The van der Waals surface area contributed by atoms with E-state index in [1.165, 1.54) is 5.56 Å². The Morgan fingerprint density at radius 1 is 1.11 bits per heavy atom. The highest BCUT2D eigenvalue weighted by atomic mass is 127. The molecule has 2 N–H and O–H groups in total. The number of hydrogen-bond donors (Lipinski definition) is 1. The number of benzene rings is 2. The molecule has 0 aliphatic heterocycles.